The molecule has 0 spiro atoms. The molecule has 2 aliphatic heterocycles. The third-order valence-corrected chi connectivity index (χ3v) is 16.1. The second kappa shape index (κ2) is 18.3. The predicted molar refractivity (Wildman–Crippen MR) is 326 cm³/mol. The van der Waals surface area contributed by atoms with Crippen LogP contribution in [0.5, 0.6) is 0 Å². The molecule has 15 aromatic rings. The minimum absolute atomic E-state index is 0. The Labute approximate surface area is 474 Å². The number of aromatic nitrogens is 8. The minimum atomic E-state index is 0. The Balaban J connectivity index is 0.00000542. The third-order valence-electron chi connectivity index (χ3n) is 16.1. The maximum Gasteiger partial charge on any atom is 2.00 e. The fourth-order valence-electron chi connectivity index (χ4n) is 12.2. The van der Waals surface area contributed by atoms with Gasteiger partial charge in [0.2, 0.25) is 0 Å². The summed E-state index contributed by atoms with van der Waals surface area (Å²) >= 11 is 0. The molecule has 2 aliphatic rings. The van der Waals surface area contributed by atoms with E-state index in [0.717, 1.165) is 131 Å². The van der Waals surface area contributed by atoms with Crippen molar-refractivity contribution in [3.8, 4) is 90.1 Å². The fourth-order valence-corrected chi connectivity index (χ4v) is 12.2. The van der Waals surface area contributed by atoms with E-state index < -0.39 is 0 Å². The molecule has 9 heteroatoms. The number of benzene rings is 12. The molecule has 0 saturated carbocycles. The monoisotopic (exact) mass is 1070 g/mol. The molecule has 12 aromatic carbocycles. The maximum atomic E-state index is 5.61. The smallest absolute Gasteiger partial charge is 0.357 e. The zero-order valence-electron chi connectivity index (χ0n) is 43.0. The van der Waals surface area contributed by atoms with E-state index in [-0.39, 0.29) is 17.1 Å². The SMILES string of the molecule is [Fe+2].c1ccc(-c2ccc3ccc4c(c3c2)-c2nc-4nc3[n-]c(nc4nc(nc5[n-]c(n2)c2c6cc(-c7ccccc7)ccc6ccc52)-c2ccc5ccc(-c6ccccc6)cc5c2-4)c2c4cc(-c5ccccc5)ccc4ccc32)cc1. The van der Waals surface area contributed by atoms with E-state index in [4.69, 9.17) is 39.9 Å². The second-order valence-corrected chi connectivity index (χ2v) is 20.6. The molecule has 0 unspecified atom stereocenters. The van der Waals surface area contributed by atoms with Crippen molar-refractivity contribution in [2.75, 3.05) is 0 Å². The van der Waals surface area contributed by atoms with Crippen LogP contribution in [0.2, 0.25) is 0 Å². The number of fused-ring (bicyclic) bond motifs is 28. The molecule has 0 fully saturated rings. The molecule has 8 bridgehead atoms. The van der Waals surface area contributed by atoms with Gasteiger partial charge in [0.15, 0.2) is 0 Å². The summed E-state index contributed by atoms with van der Waals surface area (Å²) in [5.74, 6) is 2.00. The summed E-state index contributed by atoms with van der Waals surface area (Å²) in [7, 11) is 0. The van der Waals surface area contributed by atoms with E-state index in [1.165, 1.54) is 0 Å². The van der Waals surface area contributed by atoms with Gasteiger partial charge in [-0.3, -0.25) is 0 Å². The van der Waals surface area contributed by atoms with Crippen molar-refractivity contribution < 1.29 is 17.1 Å². The molecule has 0 atom stereocenters. The van der Waals surface area contributed by atoms with Gasteiger partial charge in [-0.15, -0.1) is 0 Å². The zero-order chi connectivity index (χ0) is 52.4. The van der Waals surface area contributed by atoms with E-state index in [9.17, 15) is 0 Å². The normalized spacial score (nSPS) is 11.9. The molecule has 0 amide bonds. The first-order chi connectivity index (χ1) is 39.6. The topological polar surface area (TPSA) is 106 Å². The van der Waals surface area contributed by atoms with Gasteiger partial charge in [-0.05, 0) is 123 Å². The molecule has 81 heavy (non-hydrogen) atoms. The second-order valence-electron chi connectivity index (χ2n) is 20.6. The molecule has 376 valence electrons. The van der Waals surface area contributed by atoms with Crippen molar-refractivity contribution in [3.63, 3.8) is 0 Å². The Morgan fingerprint density at radius 2 is 0.519 bits per heavy atom. The van der Waals surface area contributed by atoms with Gasteiger partial charge in [0, 0.05) is 55.6 Å². The van der Waals surface area contributed by atoms with Crippen LogP contribution in [-0.4, -0.2) is 29.9 Å². The van der Waals surface area contributed by atoms with Crippen LogP contribution in [0.25, 0.3) is 177 Å². The first-order valence-electron chi connectivity index (χ1n) is 26.8. The summed E-state index contributed by atoms with van der Waals surface area (Å²) < 4.78 is 0. The summed E-state index contributed by atoms with van der Waals surface area (Å²) in [5, 5.41) is 11.7. The van der Waals surface area contributed by atoms with Crippen molar-refractivity contribution >= 4 is 87.2 Å². The summed E-state index contributed by atoms with van der Waals surface area (Å²) in [6.07, 6.45) is 0. The van der Waals surface area contributed by atoms with Gasteiger partial charge >= 0.3 is 17.1 Å². The van der Waals surface area contributed by atoms with E-state index >= 15 is 0 Å². The van der Waals surface area contributed by atoms with Crippen LogP contribution in [0.15, 0.2) is 243 Å². The molecule has 5 heterocycles. The van der Waals surface area contributed by atoms with Crippen molar-refractivity contribution in [2.24, 2.45) is 0 Å². The van der Waals surface area contributed by atoms with Crippen LogP contribution in [-0.2, 0) is 17.1 Å². The average molecular weight is 1070 g/mol. The Kier molecular flexibility index (Phi) is 10.6. The van der Waals surface area contributed by atoms with Crippen LogP contribution in [0.1, 0.15) is 0 Å². The zero-order valence-corrected chi connectivity index (χ0v) is 44.1. The van der Waals surface area contributed by atoms with Crippen molar-refractivity contribution in [1.29, 1.82) is 0 Å². The van der Waals surface area contributed by atoms with E-state index in [1.807, 2.05) is 24.3 Å². The average Bonchev–Trinajstić information content (AvgIpc) is 4.32. The summed E-state index contributed by atoms with van der Waals surface area (Å²) in [4.78, 5) is 44.1. The van der Waals surface area contributed by atoms with E-state index in [0.29, 0.717) is 45.9 Å². The molecule has 0 saturated heterocycles. The molecule has 8 nitrogen and oxygen atoms in total. The standard InChI is InChI=1S/C72H40N8.Fe/c1-5-13-41(14-6-1)49-25-21-45-29-33-53-61(57(45)37-49)69-75-65(53)73-66-55-35-31-47-23-27-51(43-17-9-3-10-18-43)39-59(47)63(55)71(77-66)80-72-64-56(36-32-48-24-28-52(40-60(48)64)44-19-11-4-12-20-44)68(78-72)74-67-54-34-30-46-22-26-50(42-15-7-2-8-16-42)38-58(46)62(54)70(76-67)79-69;/h1-40H;/q-2;+2. The molecule has 3 aromatic heterocycles. The van der Waals surface area contributed by atoms with Gasteiger partial charge in [0.05, 0.1) is 23.3 Å². The Morgan fingerprint density at radius 3 is 0.877 bits per heavy atom. The van der Waals surface area contributed by atoms with Crippen molar-refractivity contribution in [2.45, 2.75) is 0 Å². The van der Waals surface area contributed by atoms with Crippen LogP contribution in [0.4, 0.5) is 0 Å². The van der Waals surface area contributed by atoms with Crippen LogP contribution < -0.4 is 9.97 Å². The van der Waals surface area contributed by atoms with Crippen LogP contribution in [0, 0.1) is 0 Å². The first-order valence-corrected chi connectivity index (χ1v) is 26.8. The summed E-state index contributed by atoms with van der Waals surface area (Å²) in [6.45, 7) is 0. The van der Waals surface area contributed by atoms with Crippen LogP contribution in [0.3, 0.4) is 0 Å². The Hall–Kier alpha value is -10.4. The minimum Gasteiger partial charge on any atom is -0.357 e. The van der Waals surface area contributed by atoms with Gasteiger partial charge in [0.25, 0.3) is 0 Å². The van der Waals surface area contributed by atoms with Gasteiger partial charge in [0.1, 0.15) is 0 Å². The predicted octanol–water partition coefficient (Wildman–Crippen LogP) is 17.4. The Morgan fingerprint density at radius 1 is 0.222 bits per heavy atom. The number of hydrogen-bond donors (Lipinski definition) is 0. The number of rotatable bonds is 4. The summed E-state index contributed by atoms with van der Waals surface area (Å²) in [5.41, 5.74) is 14.2. The molecule has 0 radical (unpaired) electrons. The van der Waals surface area contributed by atoms with E-state index in [2.05, 4.69) is 218 Å². The summed E-state index contributed by atoms with van der Waals surface area (Å²) in [6, 6.07) is 85.4. The quantitative estimate of drug-likeness (QED) is 0.161. The molecular formula is C72H40FeN8. The van der Waals surface area contributed by atoms with E-state index in [1.54, 1.807) is 0 Å². The molecule has 0 aliphatic carbocycles. The van der Waals surface area contributed by atoms with Crippen LogP contribution >= 0.6 is 0 Å². The first kappa shape index (κ1) is 46.6. The number of hydrogen-bond acceptors (Lipinski definition) is 6. The molecular weight excluding hydrogens is 1030 g/mol. The maximum absolute atomic E-state index is 5.61. The third kappa shape index (κ3) is 7.51. The van der Waals surface area contributed by atoms with Gasteiger partial charge in [-0.1, -0.05) is 218 Å². The van der Waals surface area contributed by atoms with Crippen molar-refractivity contribution in [1.82, 2.24) is 39.9 Å². The van der Waals surface area contributed by atoms with Gasteiger partial charge in [-0.25, -0.2) is 9.97 Å². The Bertz CT molecular complexity index is 4960. The number of nitrogens with zero attached hydrogens (tertiary/aromatic N) is 8. The largest absolute Gasteiger partial charge is 2.00 e. The van der Waals surface area contributed by atoms with Crippen molar-refractivity contribution in [3.05, 3.63) is 243 Å². The van der Waals surface area contributed by atoms with Gasteiger partial charge in [-0.2, -0.15) is 0 Å². The van der Waals surface area contributed by atoms with Gasteiger partial charge < -0.3 is 29.9 Å². The molecule has 0 N–H and O–H groups in total. The molecule has 17 rings (SSSR count). The fraction of sp³-hybridized carbons (Fsp3) is 0.